The monoisotopic (exact) mass is 518 g/mol. The van der Waals surface area contributed by atoms with E-state index in [0.717, 1.165) is 27.7 Å². The van der Waals surface area contributed by atoms with Crippen LogP contribution in [0.5, 0.6) is 0 Å². The first-order valence-electron chi connectivity index (χ1n) is 11.1. The van der Waals surface area contributed by atoms with Crippen molar-refractivity contribution in [3.8, 4) is 0 Å². The summed E-state index contributed by atoms with van der Waals surface area (Å²) in [5.41, 5.74) is 3.22. The van der Waals surface area contributed by atoms with Crippen LogP contribution < -0.4 is 10.0 Å². The number of sulfonamides is 1. The van der Waals surface area contributed by atoms with Gasteiger partial charge in [-0.1, -0.05) is 48.0 Å². The lowest BCUT2D eigenvalue weighted by Crippen LogP contribution is -2.30. The zero-order valence-corrected chi connectivity index (χ0v) is 20.8. The molecule has 0 aliphatic carbocycles. The maximum atomic E-state index is 13.5. The van der Waals surface area contributed by atoms with Crippen LogP contribution in [0.25, 0.3) is 10.2 Å². The summed E-state index contributed by atoms with van der Waals surface area (Å²) in [6, 6.07) is 21.2. The fourth-order valence-corrected chi connectivity index (χ4v) is 6.15. The highest BCUT2D eigenvalue weighted by Crippen LogP contribution is 2.30. The van der Waals surface area contributed by atoms with Gasteiger partial charge in [-0.05, 0) is 49.2 Å². The number of anilines is 1. The number of nitrogens with one attached hydrogen (secondary N) is 2. The number of oxazole rings is 1. The van der Waals surface area contributed by atoms with Crippen molar-refractivity contribution in [2.24, 2.45) is 0 Å². The van der Waals surface area contributed by atoms with Crippen LogP contribution in [-0.2, 0) is 16.4 Å². The van der Waals surface area contributed by atoms with Gasteiger partial charge in [-0.2, -0.15) is 0 Å². The SMILES string of the molecule is Cc1cccc(CC(NS(=O)(=O)c2cccc(NC(=O)c3cnco3)c2)c2nc3ccccc3s2)c1. The van der Waals surface area contributed by atoms with E-state index in [1.165, 1.54) is 29.7 Å². The number of thiazole rings is 1. The van der Waals surface area contributed by atoms with Crippen LogP contribution >= 0.6 is 11.3 Å². The molecule has 182 valence electrons. The number of aryl methyl sites for hydroxylation is 1. The minimum atomic E-state index is -3.96. The number of aromatic nitrogens is 2. The van der Waals surface area contributed by atoms with Crippen LogP contribution in [0.4, 0.5) is 5.69 Å². The molecule has 1 unspecified atom stereocenters. The normalized spacial score (nSPS) is 12.5. The summed E-state index contributed by atoms with van der Waals surface area (Å²) >= 11 is 1.46. The predicted molar refractivity (Wildman–Crippen MR) is 138 cm³/mol. The van der Waals surface area contributed by atoms with Gasteiger partial charge < -0.3 is 9.73 Å². The lowest BCUT2D eigenvalue weighted by Gasteiger charge is -2.18. The Morgan fingerprint density at radius 1 is 1.06 bits per heavy atom. The molecule has 5 rings (SSSR count). The Bertz CT molecular complexity index is 1600. The molecule has 1 amide bonds. The van der Waals surface area contributed by atoms with Crippen molar-refractivity contribution >= 4 is 43.2 Å². The zero-order chi connectivity index (χ0) is 25.1. The molecule has 2 heterocycles. The summed E-state index contributed by atoms with van der Waals surface area (Å²) in [5.74, 6) is -0.503. The molecule has 0 bridgehead atoms. The van der Waals surface area contributed by atoms with Gasteiger partial charge in [0.05, 0.1) is 27.4 Å². The minimum Gasteiger partial charge on any atom is -0.438 e. The highest BCUT2D eigenvalue weighted by atomic mass is 32.2. The molecule has 0 saturated carbocycles. The molecule has 2 aromatic heterocycles. The quantitative estimate of drug-likeness (QED) is 0.295. The lowest BCUT2D eigenvalue weighted by atomic mass is 10.0. The van der Waals surface area contributed by atoms with Crippen molar-refractivity contribution in [3.63, 3.8) is 0 Å². The fraction of sp³-hybridized carbons (Fsp3) is 0.115. The number of carbonyl (C=O) groups is 1. The molecule has 0 aliphatic heterocycles. The van der Waals surface area contributed by atoms with E-state index in [4.69, 9.17) is 9.40 Å². The number of para-hydroxylation sites is 1. The van der Waals surface area contributed by atoms with Crippen LogP contribution in [0.1, 0.15) is 32.7 Å². The third-order valence-corrected chi connectivity index (χ3v) is 8.11. The molecule has 0 radical (unpaired) electrons. The van der Waals surface area contributed by atoms with Gasteiger partial charge in [0.1, 0.15) is 5.01 Å². The zero-order valence-electron chi connectivity index (χ0n) is 19.2. The van der Waals surface area contributed by atoms with Gasteiger partial charge in [-0.3, -0.25) is 4.79 Å². The van der Waals surface area contributed by atoms with Gasteiger partial charge in [0.2, 0.25) is 15.8 Å². The summed E-state index contributed by atoms with van der Waals surface area (Å²) in [6.45, 7) is 2.00. The van der Waals surface area contributed by atoms with Crippen molar-refractivity contribution < 1.29 is 17.6 Å². The molecule has 0 spiro atoms. The highest BCUT2D eigenvalue weighted by Gasteiger charge is 2.25. The Morgan fingerprint density at radius 2 is 1.89 bits per heavy atom. The standard InChI is InChI=1S/C26H22N4O4S2/c1-17-6-4-7-18(12-17)13-22(26-29-21-10-2-3-11-24(21)35-26)30-36(32,33)20-9-5-8-19(14-20)28-25(31)23-15-27-16-34-23/h2-12,14-16,22,30H,13H2,1H3,(H,28,31). The van der Waals surface area contributed by atoms with Crippen molar-refractivity contribution in [1.29, 1.82) is 0 Å². The summed E-state index contributed by atoms with van der Waals surface area (Å²) in [5, 5.41) is 3.31. The minimum absolute atomic E-state index is 0.0215. The second-order valence-electron chi connectivity index (χ2n) is 8.23. The highest BCUT2D eigenvalue weighted by molar-refractivity contribution is 7.89. The molecule has 1 atom stereocenters. The van der Waals surface area contributed by atoms with Gasteiger partial charge >= 0.3 is 0 Å². The summed E-state index contributed by atoms with van der Waals surface area (Å²) in [7, 11) is -3.96. The fourth-order valence-electron chi connectivity index (χ4n) is 3.81. The van der Waals surface area contributed by atoms with E-state index in [0.29, 0.717) is 17.1 Å². The van der Waals surface area contributed by atoms with Crippen LogP contribution in [-0.4, -0.2) is 24.3 Å². The van der Waals surface area contributed by atoms with E-state index < -0.39 is 22.0 Å². The van der Waals surface area contributed by atoms with Crippen molar-refractivity contribution in [2.45, 2.75) is 24.3 Å². The number of benzene rings is 3. The first-order chi connectivity index (χ1) is 17.4. The van der Waals surface area contributed by atoms with Crippen molar-refractivity contribution in [2.75, 3.05) is 5.32 Å². The summed E-state index contributed by atoms with van der Waals surface area (Å²) in [6.07, 6.45) is 2.87. The molecule has 36 heavy (non-hydrogen) atoms. The predicted octanol–water partition coefficient (Wildman–Crippen LogP) is 5.11. The summed E-state index contributed by atoms with van der Waals surface area (Å²) in [4.78, 5) is 20.8. The number of nitrogens with zero attached hydrogens (tertiary/aromatic N) is 2. The topological polar surface area (TPSA) is 114 Å². The van der Waals surface area contributed by atoms with Gasteiger partial charge in [-0.25, -0.2) is 23.1 Å². The van der Waals surface area contributed by atoms with Gasteiger partial charge in [0.25, 0.3) is 5.91 Å². The molecule has 5 aromatic rings. The van der Waals surface area contributed by atoms with Gasteiger partial charge in [0.15, 0.2) is 6.39 Å². The van der Waals surface area contributed by atoms with Gasteiger partial charge in [-0.15, -0.1) is 11.3 Å². The average molecular weight is 519 g/mol. The van der Waals surface area contributed by atoms with E-state index in [2.05, 4.69) is 15.0 Å². The second kappa shape index (κ2) is 10.0. The molecule has 10 heteroatoms. The van der Waals surface area contributed by atoms with Crippen molar-refractivity contribution in [3.05, 3.63) is 107 Å². The molecule has 0 saturated heterocycles. The average Bonchev–Trinajstić information content (AvgIpc) is 3.54. The number of carbonyl (C=O) groups excluding carboxylic acids is 1. The first kappa shape index (κ1) is 23.9. The Balaban J connectivity index is 1.44. The number of hydrogen-bond donors (Lipinski definition) is 2. The molecule has 0 aliphatic rings. The van der Waals surface area contributed by atoms with E-state index in [1.54, 1.807) is 12.1 Å². The van der Waals surface area contributed by atoms with E-state index in [-0.39, 0.29) is 10.7 Å². The molecule has 8 nitrogen and oxygen atoms in total. The van der Waals surface area contributed by atoms with E-state index >= 15 is 0 Å². The maximum Gasteiger partial charge on any atom is 0.293 e. The Hall–Kier alpha value is -3.86. The molecule has 2 N–H and O–H groups in total. The Labute approximate surface area is 212 Å². The molecular weight excluding hydrogens is 496 g/mol. The van der Waals surface area contributed by atoms with Crippen LogP contribution in [0, 0.1) is 6.92 Å². The maximum absolute atomic E-state index is 13.5. The summed E-state index contributed by atoms with van der Waals surface area (Å²) < 4.78 is 35.8. The Kier molecular flexibility index (Phi) is 6.64. The Morgan fingerprint density at radius 3 is 2.67 bits per heavy atom. The van der Waals surface area contributed by atoms with Crippen LogP contribution in [0.2, 0.25) is 0 Å². The second-order valence-corrected chi connectivity index (χ2v) is 11.0. The van der Waals surface area contributed by atoms with Crippen molar-refractivity contribution in [1.82, 2.24) is 14.7 Å². The van der Waals surface area contributed by atoms with Crippen LogP contribution in [0.3, 0.4) is 0 Å². The molecule has 3 aromatic carbocycles. The number of fused-ring (bicyclic) bond motifs is 1. The molecular formula is C26H22N4O4S2. The third kappa shape index (κ3) is 5.35. The smallest absolute Gasteiger partial charge is 0.293 e. The van der Waals surface area contributed by atoms with E-state index in [9.17, 15) is 13.2 Å². The number of amides is 1. The largest absolute Gasteiger partial charge is 0.438 e. The number of rotatable bonds is 8. The van der Waals surface area contributed by atoms with E-state index in [1.807, 2.05) is 55.5 Å². The van der Waals surface area contributed by atoms with Crippen LogP contribution in [0.15, 0.2) is 94.7 Å². The lowest BCUT2D eigenvalue weighted by molar-refractivity contribution is 0.0996. The van der Waals surface area contributed by atoms with Gasteiger partial charge in [0, 0.05) is 5.69 Å². The number of hydrogen-bond acceptors (Lipinski definition) is 7. The first-order valence-corrected chi connectivity index (χ1v) is 13.4. The molecule has 0 fully saturated rings. The third-order valence-electron chi connectivity index (χ3n) is 5.49.